The first kappa shape index (κ1) is 15.4. The second kappa shape index (κ2) is 6.22. The lowest BCUT2D eigenvalue weighted by molar-refractivity contribution is 0.0956. The minimum Gasteiger partial charge on any atom is -0.352 e. The van der Waals surface area contributed by atoms with Crippen LogP contribution < -0.4 is 5.32 Å². The summed E-state index contributed by atoms with van der Waals surface area (Å²) in [6.07, 6.45) is 0. The number of carbonyl (C=O) groups excluding carboxylic acids is 1. The summed E-state index contributed by atoms with van der Waals surface area (Å²) >= 11 is 6.05. The van der Waals surface area contributed by atoms with Gasteiger partial charge >= 0.3 is 0 Å². The lowest BCUT2D eigenvalue weighted by atomic mass is 9.95. The van der Waals surface area contributed by atoms with Crippen LogP contribution in [0.25, 0.3) is 11.1 Å². The lowest BCUT2D eigenvalue weighted by Gasteiger charge is -2.14. The zero-order valence-electron chi connectivity index (χ0n) is 11.6. The average molecular weight is 310 g/mol. The van der Waals surface area contributed by atoms with Gasteiger partial charge in [-0.25, -0.2) is 8.78 Å². The normalized spacial score (nSPS) is 10.5. The maximum Gasteiger partial charge on any atom is 0.252 e. The summed E-state index contributed by atoms with van der Waals surface area (Å²) in [5.74, 6) is -1.71. The first-order valence-electron chi connectivity index (χ1n) is 6.47. The third-order valence-electron chi connectivity index (χ3n) is 3.14. The summed E-state index contributed by atoms with van der Waals surface area (Å²) in [5.41, 5.74) is 1.65. The van der Waals surface area contributed by atoms with Crippen LogP contribution in [-0.4, -0.2) is 12.5 Å². The molecule has 0 saturated carbocycles. The highest BCUT2D eigenvalue weighted by Crippen LogP contribution is 2.31. The summed E-state index contributed by atoms with van der Waals surface area (Å²) in [7, 11) is 0. The van der Waals surface area contributed by atoms with Crippen molar-refractivity contribution in [2.75, 3.05) is 6.54 Å². The van der Waals surface area contributed by atoms with E-state index < -0.39 is 11.6 Å². The molecule has 21 heavy (non-hydrogen) atoms. The quantitative estimate of drug-likeness (QED) is 0.897. The van der Waals surface area contributed by atoms with E-state index >= 15 is 0 Å². The molecule has 0 saturated heterocycles. The van der Waals surface area contributed by atoms with Crippen LogP contribution in [0.5, 0.6) is 0 Å². The Morgan fingerprint density at radius 3 is 2.38 bits per heavy atom. The third kappa shape index (κ3) is 3.22. The first-order chi connectivity index (χ1) is 9.93. The van der Waals surface area contributed by atoms with Gasteiger partial charge < -0.3 is 5.32 Å². The van der Waals surface area contributed by atoms with E-state index in [9.17, 15) is 13.6 Å². The standard InChI is InChI=1S/C16H14ClF2NO/c1-3-20-16(21)15-9(2)14(17)5-4-13(15)10-6-11(18)8-12(19)7-10/h4-8H,3H2,1-2H3,(H,20,21). The fourth-order valence-electron chi connectivity index (χ4n) is 2.18. The first-order valence-corrected chi connectivity index (χ1v) is 6.85. The van der Waals surface area contributed by atoms with E-state index in [-0.39, 0.29) is 5.91 Å². The van der Waals surface area contributed by atoms with Crippen molar-refractivity contribution in [1.29, 1.82) is 0 Å². The van der Waals surface area contributed by atoms with Crippen molar-refractivity contribution in [3.05, 3.63) is 58.1 Å². The Hall–Kier alpha value is -1.94. The van der Waals surface area contributed by atoms with E-state index in [0.29, 0.717) is 33.8 Å². The van der Waals surface area contributed by atoms with Crippen molar-refractivity contribution in [1.82, 2.24) is 5.32 Å². The van der Waals surface area contributed by atoms with Gasteiger partial charge in [-0.1, -0.05) is 17.7 Å². The molecule has 0 spiro atoms. The largest absolute Gasteiger partial charge is 0.352 e. The molecule has 0 atom stereocenters. The Morgan fingerprint density at radius 1 is 1.19 bits per heavy atom. The highest BCUT2D eigenvalue weighted by atomic mass is 35.5. The van der Waals surface area contributed by atoms with Gasteiger partial charge in [0.15, 0.2) is 0 Å². The lowest BCUT2D eigenvalue weighted by Crippen LogP contribution is -2.24. The van der Waals surface area contributed by atoms with Crippen LogP contribution >= 0.6 is 11.6 Å². The Bertz CT molecular complexity index is 681. The molecule has 0 aliphatic rings. The summed E-state index contributed by atoms with van der Waals surface area (Å²) in [5, 5.41) is 3.11. The Morgan fingerprint density at radius 2 is 1.81 bits per heavy atom. The number of hydrogen-bond donors (Lipinski definition) is 1. The van der Waals surface area contributed by atoms with E-state index in [1.807, 2.05) is 0 Å². The molecule has 0 fully saturated rings. The zero-order chi connectivity index (χ0) is 15.6. The monoisotopic (exact) mass is 309 g/mol. The average Bonchev–Trinajstić information content (AvgIpc) is 2.40. The SMILES string of the molecule is CCNC(=O)c1c(-c2cc(F)cc(F)c2)ccc(Cl)c1C. The zero-order valence-corrected chi connectivity index (χ0v) is 12.4. The highest BCUT2D eigenvalue weighted by Gasteiger charge is 2.18. The molecule has 0 aliphatic carbocycles. The third-order valence-corrected chi connectivity index (χ3v) is 3.55. The van der Waals surface area contributed by atoms with Crippen molar-refractivity contribution >= 4 is 17.5 Å². The Kier molecular flexibility index (Phi) is 4.58. The van der Waals surface area contributed by atoms with Gasteiger partial charge in [0.25, 0.3) is 5.91 Å². The van der Waals surface area contributed by atoms with E-state index in [4.69, 9.17) is 11.6 Å². The number of carbonyl (C=O) groups is 1. The number of hydrogen-bond acceptors (Lipinski definition) is 1. The van der Waals surface area contributed by atoms with Gasteiger partial charge in [-0.15, -0.1) is 0 Å². The minimum atomic E-state index is -0.695. The van der Waals surface area contributed by atoms with Crippen molar-refractivity contribution in [2.24, 2.45) is 0 Å². The summed E-state index contributed by atoms with van der Waals surface area (Å²) in [6.45, 7) is 3.94. The van der Waals surface area contributed by atoms with Gasteiger partial charge in [0, 0.05) is 17.6 Å². The van der Waals surface area contributed by atoms with Crippen molar-refractivity contribution < 1.29 is 13.6 Å². The molecule has 0 radical (unpaired) electrons. The second-order valence-corrected chi connectivity index (χ2v) is 5.02. The second-order valence-electron chi connectivity index (χ2n) is 4.61. The predicted octanol–water partition coefficient (Wildman–Crippen LogP) is 4.34. The minimum absolute atomic E-state index is 0.300. The topological polar surface area (TPSA) is 29.1 Å². The van der Waals surface area contributed by atoms with Crippen LogP contribution in [0.1, 0.15) is 22.8 Å². The van der Waals surface area contributed by atoms with Gasteiger partial charge in [0.05, 0.1) is 5.56 Å². The van der Waals surface area contributed by atoms with Crippen molar-refractivity contribution in [3.63, 3.8) is 0 Å². The van der Waals surface area contributed by atoms with Gasteiger partial charge in [-0.05, 0) is 48.7 Å². The Labute approximate surface area is 126 Å². The van der Waals surface area contributed by atoms with E-state index in [0.717, 1.165) is 6.07 Å². The molecule has 1 N–H and O–H groups in total. The summed E-state index contributed by atoms with van der Waals surface area (Å²) < 4.78 is 26.8. The number of benzene rings is 2. The van der Waals surface area contributed by atoms with Crippen LogP contribution in [-0.2, 0) is 0 Å². The van der Waals surface area contributed by atoms with E-state index in [2.05, 4.69) is 5.32 Å². The molecule has 2 aromatic rings. The fourth-order valence-corrected chi connectivity index (χ4v) is 2.34. The van der Waals surface area contributed by atoms with Gasteiger partial charge in [0.1, 0.15) is 11.6 Å². The van der Waals surface area contributed by atoms with Gasteiger partial charge in [-0.3, -0.25) is 4.79 Å². The molecule has 0 unspecified atom stereocenters. The predicted molar refractivity (Wildman–Crippen MR) is 79.5 cm³/mol. The highest BCUT2D eigenvalue weighted by molar-refractivity contribution is 6.32. The van der Waals surface area contributed by atoms with E-state index in [1.54, 1.807) is 26.0 Å². The fraction of sp³-hybridized carbons (Fsp3) is 0.188. The van der Waals surface area contributed by atoms with Crippen LogP contribution in [0.15, 0.2) is 30.3 Å². The van der Waals surface area contributed by atoms with Crippen molar-refractivity contribution in [3.8, 4) is 11.1 Å². The molecule has 0 aromatic heterocycles. The number of nitrogens with one attached hydrogen (secondary N) is 1. The number of halogens is 3. The molecule has 2 rings (SSSR count). The van der Waals surface area contributed by atoms with Gasteiger partial charge in [-0.2, -0.15) is 0 Å². The summed E-state index contributed by atoms with van der Waals surface area (Å²) in [6, 6.07) is 6.37. The summed E-state index contributed by atoms with van der Waals surface area (Å²) in [4.78, 5) is 12.2. The molecule has 5 heteroatoms. The molecule has 0 bridgehead atoms. The van der Waals surface area contributed by atoms with Crippen LogP contribution in [0.4, 0.5) is 8.78 Å². The maximum atomic E-state index is 13.4. The Balaban J connectivity index is 2.68. The molecule has 0 aliphatic heterocycles. The maximum absolute atomic E-state index is 13.4. The van der Waals surface area contributed by atoms with Gasteiger partial charge in [0.2, 0.25) is 0 Å². The molecule has 2 aromatic carbocycles. The molecule has 1 amide bonds. The number of amides is 1. The molecule has 110 valence electrons. The molecule has 2 nitrogen and oxygen atoms in total. The molecule has 0 heterocycles. The van der Waals surface area contributed by atoms with Crippen LogP contribution in [0, 0.1) is 18.6 Å². The molecular weight excluding hydrogens is 296 g/mol. The van der Waals surface area contributed by atoms with Crippen molar-refractivity contribution in [2.45, 2.75) is 13.8 Å². The number of rotatable bonds is 3. The van der Waals surface area contributed by atoms with E-state index in [1.165, 1.54) is 12.1 Å². The van der Waals surface area contributed by atoms with Crippen LogP contribution in [0.3, 0.4) is 0 Å². The smallest absolute Gasteiger partial charge is 0.252 e. The van der Waals surface area contributed by atoms with Crippen LogP contribution in [0.2, 0.25) is 5.02 Å². The molecular formula is C16H14ClF2NO.